The molecule has 1 aliphatic rings. The maximum Gasteiger partial charge on any atom is 0.273 e. The molecular weight excluding hydrogens is 456 g/mol. The summed E-state index contributed by atoms with van der Waals surface area (Å²) in [4.78, 5) is 14.6. The normalized spacial score (nSPS) is 16.2. The quantitative estimate of drug-likeness (QED) is 0.449. The summed E-state index contributed by atoms with van der Waals surface area (Å²) in [5.74, 6) is -2.93. The van der Waals surface area contributed by atoms with Gasteiger partial charge in [-0.1, -0.05) is 45.0 Å². The molecule has 0 aromatic heterocycles. The van der Waals surface area contributed by atoms with Crippen LogP contribution in [0.3, 0.4) is 0 Å². The summed E-state index contributed by atoms with van der Waals surface area (Å²) in [5, 5.41) is 0. The number of likely N-dealkylation sites (tertiary alicyclic amines) is 1. The van der Waals surface area contributed by atoms with Crippen molar-refractivity contribution in [3.8, 4) is 0 Å². The van der Waals surface area contributed by atoms with Crippen molar-refractivity contribution in [1.29, 1.82) is 0 Å². The molecule has 1 fully saturated rings. The molecule has 2 aromatic carbocycles. The zero-order valence-corrected chi connectivity index (χ0v) is 21.5. The Morgan fingerprint density at radius 2 is 1.65 bits per heavy atom. The fourth-order valence-electron chi connectivity index (χ4n) is 4.59. The Labute approximate surface area is 202 Å². The topological polar surface area (TPSA) is 54.5 Å². The number of piperidine rings is 1. The van der Waals surface area contributed by atoms with E-state index in [1.807, 2.05) is 24.3 Å². The summed E-state index contributed by atoms with van der Waals surface area (Å²) >= 11 is 0. The van der Waals surface area contributed by atoms with Crippen molar-refractivity contribution >= 4 is 15.7 Å². The second-order valence-electron chi connectivity index (χ2n) is 10.0. The standard InChI is InChI=1S/C27H35F2NO3S/c1-6-27(28,29)23-8-7-9-24(18-23)34(32,33)26(4,5)22-14-16-30(17-15-22)25(31)21-12-10-20(11-13-21)19(2)3/h7-13,18-19,22H,6,14-17H2,1-5H3. The molecule has 0 radical (unpaired) electrons. The molecular formula is C27H35F2NO3S. The summed E-state index contributed by atoms with van der Waals surface area (Å²) in [6.45, 7) is 9.83. The Bertz CT molecular complexity index is 1120. The first-order valence-corrected chi connectivity index (χ1v) is 13.4. The van der Waals surface area contributed by atoms with Crippen LogP contribution in [0, 0.1) is 5.92 Å². The molecule has 2 aromatic rings. The molecule has 3 rings (SSSR count). The third-order valence-corrected chi connectivity index (χ3v) is 9.89. The molecule has 0 saturated carbocycles. The molecule has 1 amide bonds. The molecule has 34 heavy (non-hydrogen) atoms. The number of hydrogen-bond acceptors (Lipinski definition) is 3. The maximum absolute atomic E-state index is 14.2. The van der Waals surface area contributed by atoms with Gasteiger partial charge < -0.3 is 4.90 Å². The van der Waals surface area contributed by atoms with Crippen LogP contribution in [0.4, 0.5) is 8.78 Å². The van der Waals surface area contributed by atoms with Gasteiger partial charge in [0, 0.05) is 30.6 Å². The molecule has 1 saturated heterocycles. The number of sulfone groups is 1. The molecule has 4 nitrogen and oxygen atoms in total. The Hall–Kier alpha value is -2.28. The van der Waals surface area contributed by atoms with E-state index in [1.165, 1.54) is 30.7 Å². The summed E-state index contributed by atoms with van der Waals surface area (Å²) in [7, 11) is -3.87. The fraction of sp³-hybridized carbons (Fsp3) is 0.519. The number of halogens is 2. The zero-order valence-electron chi connectivity index (χ0n) is 20.6. The molecule has 0 aliphatic carbocycles. The lowest BCUT2D eigenvalue weighted by Gasteiger charge is -2.40. The molecule has 7 heteroatoms. The molecule has 0 atom stereocenters. The maximum atomic E-state index is 14.2. The molecule has 0 N–H and O–H groups in total. The average Bonchev–Trinajstić information content (AvgIpc) is 2.83. The Kier molecular flexibility index (Phi) is 7.56. The van der Waals surface area contributed by atoms with Crippen molar-refractivity contribution in [1.82, 2.24) is 4.90 Å². The van der Waals surface area contributed by atoms with Crippen LogP contribution in [-0.2, 0) is 15.8 Å². The molecule has 0 unspecified atom stereocenters. The number of alkyl halides is 2. The van der Waals surface area contributed by atoms with E-state index in [1.54, 1.807) is 18.7 Å². The van der Waals surface area contributed by atoms with Gasteiger partial charge in [-0.25, -0.2) is 17.2 Å². The number of amides is 1. The van der Waals surface area contributed by atoms with Crippen molar-refractivity contribution in [2.24, 2.45) is 5.92 Å². The van der Waals surface area contributed by atoms with Gasteiger partial charge in [-0.2, -0.15) is 0 Å². The van der Waals surface area contributed by atoms with Gasteiger partial charge >= 0.3 is 0 Å². The predicted molar refractivity (Wildman–Crippen MR) is 131 cm³/mol. The lowest BCUT2D eigenvalue weighted by atomic mass is 9.85. The summed E-state index contributed by atoms with van der Waals surface area (Å²) < 4.78 is 54.3. The van der Waals surface area contributed by atoms with Crippen LogP contribution >= 0.6 is 0 Å². The van der Waals surface area contributed by atoms with Crippen LogP contribution in [0.2, 0.25) is 0 Å². The van der Waals surface area contributed by atoms with Crippen molar-refractivity contribution in [3.05, 3.63) is 65.2 Å². The van der Waals surface area contributed by atoms with E-state index in [9.17, 15) is 22.0 Å². The van der Waals surface area contributed by atoms with Crippen LogP contribution in [-0.4, -0.2) is 37.1 Å². The SMILES string of the molecule is CCC(F)(F)c1cccc(S(=O)(=O)C(C)(C)C2CCN(C(=O)c3ccc(C(C)C)cc3)CC2)c1. The van der Waals surface area contributed by atoms with Crippen molar-refractivity contribution in [2.75, 3.05) is 13.1 Å². The minimum absolute atomic E-state index is 0.0519. The number of hydrogen-bond donors (Lipinski definition) is 0. The van der Waals surface area contributed by atoms with Gasteiger partial charge in [0.15, 0.2) is 9.84 Å². The van der Waals surface area contributed by atoms with Crippen LogP contribution < -0.4 is 0 Å². The third-order valence-electron chi connectivity index (χ3n) is 7.29. The van der Waals surface area contributed by atoms with Gasteiger partial charge in [0.25, 0.3) is 11.8 Å². The highest BCUT2D eigenvalue weighted by molar-refractivity contribution is 7.92. The van der Waals surface area contributed by atoms with E-state index >= 15 is 0 Å². The fourth-order valence-corrected chi connectivity index (χ4v) is 6.41. The van der Waals surface area contributed by atoms with E-state index in [0.29, 0.717) is 37.4 Å². The van der Waals surface area contributed by atoms with Gasteiger partial charge in [0.2, 0.25) is 0 Å². The molecule has 0 spiro atoms. The Morgan fingerprint density at radius 3 is 2.18 bits per heavy atom. The van der Waals surface area contributed by atoms with Crippen LogP contribution in [0.15, 0.2) is 53.4 Å². The number of carbonyl (C=O) groups is 1. The lowest BCUT2D eigenvalue weighted by Crippen LogP contribution is -2.47. The lowest BCUT2D eigenvalue weighted by molar-refractivity contribution is -0.00850. The minimum atomic E-state index is -3.87. The highest BCUT2D eigenvalue weighted by Crippen LogP contribution is 2.40. The van der Waals surface area contributed by atoms with E-state index in [4.69, 9.17) is 0 Å². The number of rotatable bonds is 7. The first-order chi connectivity index (χ1) is 15.8. The van der Waals surface area contributed by atoms with Gasteiger partial charge in [-0.05, 0) is 68.4 Å². The van der Waals surface area contributed by atoms with E-state index in [0.717, 1.165) is 6.07 Å². The van der Waals surface area contributed by atoms with E-state index in [-0.39, 0.29) is 22.3 Å². The largest absolute Gasteiger partial charge is 0.339 e. The van der Waals surface area contributed by atoms with Gasteiger partial charge in [-0.3, -0.25) is 4.79 Å². The van der Waals surface area contributed by atoms with Gasteiger partial charge in [0.1, 0.15) is 0 Å². The molecule has 186 valence electrons. The first kappa shape index (κ1) is 26.3. The second kappa shape index (κ2) is 9.76. The van der Waals surface area contributed by atoms with Crippen molar-refractivity contribution < 1.29 is 22.0 Å². The minimum Gasteiger partial charge on any atom is -0.339 e. The van der Waals surface area contributed by atoms with Crippen molar-refractivity contribution in [2.45, 2.75) is 75.4 Å². The summed E-state index contributed by atoms with van der Waals surface area (Å²) in [6, 6.07) is 12.8. The Morgan fingerprint density at radius 1 is 1.06 bits per heavy atom. The van der Waals surface area contributed by atoms with Crippen molar-refractivity contribution in [3.63, 3.8) is 0 Å². The highest BCUT2D eigenvalue weighted by atomic mass is 32.2. The highest BCUT2D eigenvalue weighted by Gasteiger charge is 2.44. The number of carbonyl (C=O) groups excluding carboxylic acids is 1. The van der Waals surface area contributed by atoms with Gasteiger partial charge in [-0.15, -0.1) is 0 Å². The number of benzene rings is 2. The second-order valence-corrected chi connectivity index (χ2v) is 12.6. The van der Waals surface area contributed by atoms with Crippen LogP contribution in [0.5, 0.6) is 0 Å². The first-order valence-electron chi connectivity index (χ1n) is 11.9. The molecule has 1 aliphatic heterocycles. The Balaban J connectivity index is 1.74. The predicted octanol–water partition coefficient (Wildman–Crippen LogP) is 6.42. The monoisotopic (exact) mass is 491 g/mol. The number of nitrogens with zero attached hydrogens (tertiary/aromatic N) is 1. The third kappa shape index (κ3) is 5.04. The van der Waals surface area contributed by atoms with Crippen LogP contribution in [0.25, 0.3) is 0 Å². The summed E-state index contributed by atoms with van der Waals surface area (Å²) in [6.07, 6.45) is 0.673. The average molecular weight is 492 g/mol. The van der Waals surface area contributed by atoms with Crippen LogP contribution in [0.1, 0.15) is 81.3 Å². The van der Waals surface area contributed by atoms with E-state index in [2.05, 4.69) is 13.8 Å². The summed E-state index contributed by atoms with van der Waals surface area (Å²) in [5.41, 5.74) is 1.52. The molecule has 1 heterocycles. The smallest absolute Gasteiger partial charge is 0.273 e. The zero-order chi connectivity index (χ0) is 25.3. The van der Waals surface area contributed by atoms with Gasteiger partial charge in [0.05, 0.1) is 9.64 Å². The van der Waals surface area contributed by atoms with E-state index < -0.39 is 26.9 Å². The molecule has 0 bridgehead atoms.